The van der Waals surface area contributed by atoms with E-state index in [0.717, 1.165) is 0 Å². The number of piperazine rings is 1. The van der Waals surface area contributed by atoms with Crippen molar-refractivity contribution < 1.29 is 33.0 Å². The highest BCUT2D eigenvalue weighted by Gasteiger charge is 2.46. The van der Waals surface area contributed by atoms with Crippen LogP contribution in [0.4, 0.5) is 14.6 Å². The highest BCUT2D eigenvalue weighted by Crippen LogP contribution is 2.47. The van der Waals surface area contributed by atoms with E-state index in [1.54, 1.807) is 28.0 Å². The van der Waals surface area contributed by atoms with Crippen LogP contribution in [0.25, 0.3) is 11.3 Å². The van der Waals surface area contributed by atoms with Gasteiger partial charge in [-0.05, 0) is 45.5 Å². The largest absolute Gasteiger partial charge is 0.489 e. The van der Waals surface area contributed by atoms with Crippen LogP contribution in [0.5, 0.6) is 5.75 Å². The van der Waals surface area contributed by atoms with Crippen LogP contribution in [0, 0.1) is 5.82 Å². The Labute approximate surface area is 254 Å². The van der Waals surface area contributed by atoms with Gasteiger partial charge in [0.05, 0.1) is 11.7 Å². The minimum absolute atomic E-state index is 0.0128. The highest BCUT2D eigenvalue weighted by atomic mass is 35.5. The first kappa shape index (κ1) is 32.2. The van der Waals surface area contributed by atoms with Crippen molar-refractivity contribution in [1.82, 2.24) is 19.7 Å². The van der Waals surface area contributed by atoms with Crippen molar-refractivity contribution in [3.05, 3.63) is 53.3 Å². The van der Waals surface area contributed by atoms with E-state index in [1.165, 1.54) is 12.1 Å². The number of hydrogen-bond acceptors (Lipinski definition) is 7. The fourth-order valence-electron chi connectivity index (χ4n) is 6.00. The fraction of sp³-hybridized carbons (Fsp3) is 0.467. The Morgan fingerprint density at radius 2 is 2.00 bits per heavy atom. The summed E-state index contributed by atoms with van der Waals surface area (Å²) in [7, 11) is 1.88. The molecule has 1 aromatic heterocycles. The van der Waals surface area contributed by atoms with Crippen molar-refractivity contribution in [2.24, 2.45) is 0 Å². The van der Waals surface area contributed by atoms with Crippen LogP contribution in [0.1, 0.15) is 30.6 Å². The highest BCUT2D eigenvalue weighted by molar-refractivity contribution is 6.35. The standard InChI is InChI=1S/C29H34ClF2N5O3.CH2O2/c1-5-22(38)35-12-13-36-19(15-35)17-40-26-23(28(36)39)27(33-25(24(26)30)20-8-6-7-9-21(20)32)37-16-18(14-29(37,2)3)34(4)11-10-31;2-1-3/h5-9,18-19H,1,10-17H2,2-4H3;1H,(H,2,3)/t18-,19-;/m1./s1. The number of carbonyl (C=O) groups is 3. The van der Waals surface area contributed by atoms with E-state index in [4.69, 9.17) is 31.2 Å². The molecule has 13 heteroatoms. The van der Waals surface area contributed by atoms with Gasteiger partial charge < -0.3 is 24.5 Å². The third kappa shape index (κ3) is 6.30. The maximum atomic E-state index is 15.0. The van der Waals surface area contributed by atoms with E-state index in [-0.39, 0.29) is 65.1 Å². The summed E-state index contributed by atoms with van der Waals surface area (Å²) in [6.07, 6.45) is 1.97. The summed E-state index contributed by atoms with van der Waals surface area (Å²) in [5.41, 5.74) is 0.136. The Hall–Kier alpha value is -3.77. The molecule has 10 nitrogen and oxygen atoms in total. The first-order valence-electron chi connectivity index (χ1n) is 13.9. The third-order valence-electron chi connectivity index (χ3n) is 8.24. The normalized spacial score (nSPS) is 20.8. The predicted molar refractivity (Wildman–Crippen MR) is 159 cm³/mol. The van der Waals surface area contributed by atoms with Gasteiger partial charge in [-0.2, -0.15) is 0 Å². The van der Waals surface area contributed by atoms with Crippen molar-refractivity contribution in [3.63, 3.8) is 0 Å². The van der Waals surface area contributed by atoms with Crippen molar-refractivity contribution in [1.29, 1.82) is 0 Å². The Bertz CT molecular complexity index is 1390. The molecule has 1 aromatic carbocycles. The average Bonchev–Trinajstić information content (AvgIpc) is 3.22. The number of likely N-dealkylation sites (N-methyl/N-ethyl adjacent to an activating group) is 1. The minimum Gasteiger partial charge on any atom is -0.489 e. The summed E-state index contributed by atoms with van der Waals surface area (Å²) in [6.45, 7) is 8.79. The molecule has 0 radical (unpaired) electrons. The molecule has 232 valence electrons. The molecule has 0 saturated carbocycles. The molecule has 3 aliphatic rings. The zero-order valence-corrected chi connectivity index (χ0v) is 25.2. The monoisotopic (exact) mass is 619 g/mol. The summed E-state index contributed by atoms with van der Waals surface area (Å²) in [5, 5.41) is 6.94. The van der Waals surface area contributed by atoms with Crippen LogP contribution in [0.15, 0.2) is 36.9 Å². The van der Waals surface area contributed by atoms with Gasteiger partial charge in [-0.15, -0.1) is 0 Å². The van der Waals surface area contributed by atoms with Gasteiger partial charge in [-0.3, -0.25) is 19.3 Å². The van der Waals surface area contributed by atoms with Gasteiger partial charge in [-0.1, -0.05) is 30.3 Å². The molecule has 43 heavy (non-hydrogen) atoms. The second kappa shape index (κ2) is 13.3. The number of rotatable bonds is 6. The molecular weight excluding hydrogens is 584 g/mol. The van der Waals surface area contributed by atoms with E-state index in [2.05, 4.69) is 6.58 Å². The van der Waals surface area contributed by atoms with Crippen molar-refractivity contribution in [2.75, 3.05) is 58.0 Å². The van der Waals surface area contributed by atoms with Crippen LogP contribution < -0.4 is 9.64 Å². The van der Waals surface area contributed by atoms with Crippen molar-refractivity contribution in [2.45, 2.75) is 37.9 Å². The molecule has 4 heterocycles. The maximum Gasteiger partial charge on any atom is 0.290 e. The molecule has 3 aliphatic heterocycles. The number of nitrogens with zero attached hydrogens (tertiary/aromatic N) is 5. The van der Waals surface area contributed by atoms with E-state index < -0.39 is 24.1 Å². The summed E-state index contributed by atoms with van der Waals surface area (Å²) < 4.78 is 34.5. The number of carboxylic acid groups (broad SMARTS) is 1. The molecular formula is C30H36ClF2N5O5. The number of benzene rings is 1. The van der Waals surface area contributed by atoms with Gasteiger partial charge in [0.1, 0.15) is 35.5 Å². The van der Waals surface area contributed by atoms with Gasteiger partial charge in [0.15, 0.2) is 5.75 Å². The maximum absolute atomic E-state index is 15.0. The number of halogens is 3. The van der Waals surface area contributed by atoms with Gasteiger partial charge in [0.2, 0.25) is 5.91 Å². The van der Waals surface area contributed by atoms with Crippen LogP contribution >= 0.6 is 11.6 Å². The van der Waals surface area contributed by atoms with Gasteiger partial charge in [-0.25, -0.2) is 13.8 Å². The van der Waals surface area contributed by atoms with Crippen LogP contribution in [0.3, 0.4) is 0 Å². The van der Waals surface area contributed by atoms with Crippen LogP contribution in [-0.4, -0.2) is 114 Å². The second-order valence-corrected chi connectivity index (χ2v) is 11.7. The number of hydrogen-bond donors (Lipinski definition) is 1. The first-order chi connectivity index (χ1) is 20.5. The summed E-state index contributed by atoms with van der Waals surface area (Å²) in [5.74, 6) is -0.501. The summed E-state index contributed by atoms with van der Waals surface area (Å²) >= 11 is 6.87. The number of alkyl halides is 1. The van der Waals surface area contributed by atoms with Crippen LogP contribution in [0.2, 0.25) is 5.02 Å². The molecule has 2 fully saturated rings. The molecule has 0 bridgehead atoms. The molecule has 2 amide bonds. The molecule has 2 atom stereocenters. The Balaban J connectivity index is 0.00000135. The molecule has 2 aromatic rings. The van der Waals surface area contributed by atoms with E-state index >= 15 is 4.39 Å². The van der Waals surface area contributed by atoms with Gasteiger partial charge >= 0.3 is 0 Å². The molecule has 0 unspecified atom stereocenters. The van der Waals surface area contributed by atoms with Crippen molar-refractivity contribution >= 4 is 35.7 Å². The minimum atomic E-state index is -0.500. The fourth-order valence-corrected chi connectivity index (χ4v) is 6.29. The van der Waals surface area contributed by atoms with Gasteiger partial charge in [0, 0.05) is 49.9 Å². The van der Waals surface area contributed by atoms with E-state index in [0.29, 0.717) is 38.4 Å². The Kier molecular flexibility index (Phi) is 9.91. The van der Waals surface area contributed by atoms with Crippen molar-refractivity contribution in [3.8, 4) is 17.0 Å². The number of amides is 2. The van der Waals surface area contributed by atoms with Gasteiger partial charge in [0.25, 0.3) is 12.4 Å². The van der Waals surface area contributed by atoms with E-state index in [9.17, 15) is 14.0 Å². The quantitative estimate of drug-likeness (QED) is 0.385. The number of carbonyl (C=O) groups excluding carboxylic acids is 2. The topological polar surface area (TPSA) is 107 Å². The molecule has 0 aliphatic carbocycles. The zero-order valence-electron chi connectivity index (χ0n) is 24.4. The smallest absolute Gasteiger partial charge is 0.290 e. The Morgan fingerprint density at radius 3 is 2.65 bits per heavy atom. The zero-order chi connectivity index (χ0) is 31.5. The number of aromatic nitrogens is 1. The number of pyridine rings is 1. The Morgan fingerprint density at radius 1 is 1.30 bits per heavy atom. The number of anilines is 1. The lowest BCUT2D eigenvalue weighted by molar-refractivity contribution is -0.128. The number of ether oxygens (including phenoxy) is 1. The average molecular weight is 620 g/mol. The molecule has 5 rings (SSSR count). The summed E-state index contributed by atoms with van der Waals surface area (Å²) in [6, 6.07) is 5.80. The molecule has 1 N–H and O–H groups in total. The lowest BCUT2D eigenvalue weighted by Gasteiger charge is -2.40. The SMILES string of the molecule is C=CC(=O)N1CCN2C(=O)c3c(N4C[C@H](N(C)CCF)CC4(C)C)nc(-c4ccccc4F)c(Cl)c3OC[C@H]2C1.O=CO. The molecule has 2 saturated heterocycles. The molecule has 0 spiro atoms. The number of fused-ring (bicyclic) bond motifs is 2. The second-order valence-electron chi connectivity index (χ2n) is 11.3. The lowest BCUT2D eigenvalue weighted by atomic mass is 9.98. The summed E-state index contributed by atoms with van der Waals surface area (Å²) in [4.78, 5) is 47.2. The third-order valence-corrected chi connectivity index (χ3v) is 8.59. The van der Waals surface area contributed by atoms with E-state index in [1.807, 2.05) is 30.7 Å². The predicted octanol–water partition coefficient (Wildman–Crippen LogP) is 3.73. The van der Waals surface area contributed by atoms with Crippen LogP contribution in [-0.2, 0) is 9.59 Å². The first-order valence-corrected chi connectivity index (χ1v) is 14.3. The lowest BCUT2D eigenvalue weighted by Crippen LogP contribution is -2.57.